The van der Waals surface area contributed by atoms with Crippen LogP contribution in [0.1, 0.15) is 28.7 Å². The standard InChI is InChI=1S/C11H12N2O2/c1-3-8-9(11(14)15)13-6-4-5-7(2)10(13)12-8/h4-6H,3H2,1-2H3,(H,14,15). The predicted octanol–water partition coefficient (Wildman–Crippen LogP) is 1.90. The van der Waals surface area contributed by atoms with Gasteiger partial charge in [-0.1, -0.05) is 13.0 Å². The highest BCUT2D eigenvalue weighted by molar-refractivity contribution is 5.88. The summed E-state index contributed by atoms with van der Waals surface area (Å²) in [5, 5.41) is 9.11. The van der Waals surface area contributed by atoms with Crippen LogP contribution in [0, 0.1) is 6.92 Å². The third-order valence-electron chi connectivity index (χ3n) is 2.45. The molecule has 0 saturated carbocycles. The lowest BCUT2D eigenvalue weighted by atomic mass is 10.2. The van der Waals surface area contributed by atoms with Crippen molar-refractivity contribution < 1.29 is 9.90 Å². The highest BCUT2D eigenvalue weighted by Gasteiger charge is 2.17. The Morgan fingerprint density at radius 2 is 2.33 bits per heavy atom. The van der Waals surface area contributed by atoms with Crippen LogP contribution in [0.25, 0.3) is 5.65 Å². The Balaban J connectivity index is 2.86. The molecule has 0 unspecified atom stereocenters. The molecule has 0 aliphatic rings. The van der Waals surface area contributed by atoms with Gasteiger partial charge in [0.05, 0.1) is 5.69 Å². The first-order chi connectivity index (χ1) is 7.15. The van der Waals surface area contributed by atoms with Gasteiger partial charge in [0.2, 0.25) is 0 Å². The number of pyridine rings is 1. The molecule has 0 aromatic carbocycles. The monoisotopic (exact) mass is 204 g/mol. The summed E-state index contributed by atoms with van der Waals surface area (Å²) in [4.78, 5) is 15.4. The Labute approximate surface area is 87.2 Å². The van der Waals surface area contributed by atoms with E-state index in [-0.39, 0.29) is 5.69 Å². The first-order valence-corrected chi connectivity index (χ1v) is 4.85. The summed E-state index contributed by atoms with van der Waals surface area (Å²) in [6.45, 7) is 3.83. The zero-order chi connectivity index (χ0) is 11.0. The normalized spacial score (nSPS) is 10.8. The quantitative estimate of drug-likeness (QED) is 0.812. The second kappa shape index (κ2) is 3.38. The van der Waals surface area contributed by atoms with E-state index >= 15 is 0 Å². The number of carboxylic acid groups (broad SMARTS) is 1. The van der Waals surface area contributed by atoms with E-state index in [0.717, 1.165) is 11.2 Å². The van der Waals surface area contributed by atoms with Crippen LogP contribution >= 0.6 is 0 Å². The maximum absolute atomic E-state index is 11.1. The van der Waals surface area contributed by atoms with Crippen LogP contribution in [0.5, 0.6) is 0 Å². The number of fused-ring (bicyclic) bond motifs is 1. The van der Waals surface area contributed by atoms with Gasteiger partial charge in [0.15, 0.2) is 5.69 Å². The molecule has 0 aliphatic heterocycles. The summed E-state index contributed by atoms with van der Waals surface area (Å²) in [6, 6.07) is 3.75. The maximum atomic E-state index is 11.1. The highest BCUT2D eigenvalue weighted by atomic mass is 16.4. The number of hydrogen-bond acceptors (Lipinski definition) is 2. The summed E-state index contributed by atoms with van der Waals surface area (Å²) < 4.78 is 1.64. The van der Waals surface area contributed by atoms with Crippen LogP contribution in [0.3, 0.4) is 0 Å². The fourth-order valence-corrected chi connectivity index (χ4v) is 1.72. The first kappa shape index (κ1) is 9.71. The van der Waals surface area contributed by atoms with E-state index < -0.39 is 5.97 Å². The van der Waals surface area contributed by atoms with Crippen molar-refractivity contribution in [2.45, 2.75) is 20.3 Å². The van der Waals surface area contributed by atoms with E-state index in [1.165, 1.54) is 0 Å². The fraction of sp³-hybridized carbons (Fsp3) is 0.273. The highest BCUT2D eigenvalue weighted by Crippen LogP contribution is 2.16. The molecular weight excluding hydrogens is 192 g/mol. The molecule has 0 amide bonds. The Bertz CT molecular complexity index is 529. The van der Waals surface area contributed by atoms with Crippen LogP contribution in [0.2, 0.25) is 0 Å². The van der Waals surface area contributed by atoms with E-state index in [1.54, 1.807) is 10.6 Å². The maximum Gasteiger partial charge on any atom is 0.354 e. The van der Waals surface area contributed by atoms with Gasteiger partial charge in [-0.2, -0.15) is 0 Å². The molecule has 15 heavy (non-hydrogen) atoms. The molecule has 2 aromatic rings. The van der Waals surface area contributed by atoms with E-state index in [1.807, 2.05) is 26.0 Å². The number of carboxylic acids is 1. The number of imidazole rings is 1. The molecule has 1 N–H and O–H groups in total. The van der Waals surface area contributed by atoms with Gasteiger partial charge in [-0.15, -0.1) is 0 Å². The molecule has 0 atom stereocenters. The minimum atomic E-state index is -0.926. The third-order valence-corrected chi connectivity index (χ3v) is 2.45. The number of hydrogen-bond donors (Lipinski definition) is 1. The van der Waals surface area contributed by atoms with Crippen molar-refractivity contribution >= 4 is 11.6 Å². The molecule has 0 fully saturated rings. The topological polar surface area (TPSA) is 54.6 Å². The average molecular weight is 204 g/mol. The number of nitrogens with zero attached hydrogens (tertiary/aromatic N) is 2. The summed E-state index contributed by atoms with van der Waals surface area (Å²) in [5.41, 5.74) is 2.62. The molecule has 2 heterocycles. The zero-order valence-corrected chi connectivity index (χ0v) is 8.69. The van der Waals surface area contributed by atoms with Gasteiger partial charge in [-0.25, -0.2) is 9.78 Å². The van der Waals surface area contributed by atoms with Gasteiger partial charge in [-0.3, -0.25) is 4.40 Å². The number of carbonyl (C=O) groups is 1. The third kappa shape index (κ3) is 1.38. The lowest BCUT2D eigenvalue weighted by Crippen LogP contribution is -2.04. The van der Waals surface area contributed by atoms with E-state index in [4.69, 9.17) is 5.11 Å². The molecule has 4 heteroatoms. The van der Waals surface area contributed by atoms with E-state index in [2.05, 4.69) is 4.98 Å². The van der Waals surface area contributed by atoms with Gasteiger partial charge in [0.1, 0.15) is 5.65 Å². The second-order valence-corrected chi connectivity index (χ2v) is 3.45. The molecule has 0 saturated heterocycles. The van der Waals surface area contributed by atoms with Crippen molar-refractivity contribution in [1.29, 1.82) is 0 Å². The first-order valence-electron chi connectivity index (χ1n) is 4.85. The van der Waals surface area contributed by atoms with Crippen molar-refractivity contribution in [1.82, 2.24) is 9.38 Å². The number of aromatic nitrogens is 2. The molecular formula is C11H12N2O2. The van der Waals surface area contributed by atoms with Crippen LogP contribution < -0.4 is 0 Å². The fourth-order valence-electron chi connectivity index (χ4n) is 1.72. The van der Waals surface area contributed by atoms with Gasteiger partial charge in [0, 0.05) is 6.20 Å². The SMILES string of the molecule is CCc1nc2c(C)cccn2c1C(=O)O. The molecule has 78 valence electrons. The van der Waals surface area contributed by atoms with E-state index in [9.17, 15) is 4.79 Å². The van der Waals surface area contributed by atoms with Crippen molar-refractivity contribution in [2.75, 3.05) is 0 Å². The number of aryl methyl sites for hydroxylation is 2. The molecule has 0 bridgehead atoms. The summed E-state index contributed by atoms with van der Waals surface area (Å²) in [5.74, 6) is -0.926. The summed E-state index contributed by atoms with van der Waals surface area (Å²) >= 11 is 0. The van der Waals surface area contributed by atoms with Crippen LogP contribution in [-0.4, -0.2) is 20.5 Å². The Morgan fingerprint density at radius 1 is 1.60 bits per heavy atom. The van der Waals surface area contributed by atoms with Crippen molar-refractivity contribution in [3.05, 3.63) is 35.3 Å². The number of rotatable bonds is 2. The molecule has 4 nitrogen and oxygen atoms in total. The Morgan fingerprint density at radius 3 is 2.93 bits per heavy atom. The van der Waals surface area contributed by atoms with Crippen LogP contribution in [0.15, 0.2) is 18.3 Å². The van der Waals surface area contributed by atoms with Gasteiger partial charge < -0.3 is 5.11 Å². The smallest absolute Gasteiger partial charge is 0.354 e. The largest absolute Gasteiger partial charge is 0.477 e. The van der Waals surface area contributed by atoms with E-state index in [0.29, 0.717) is 12.1 Å². The second-order valence-electron chi connectivity index (χ2n) is 3.45. The van der Waals surface area contributed by atoms with Crippen LogP contribution in [-0.2, 0) is 6.42 Å². The summed E-state index contributed by atoms with van der Waals surface area (Å²) in [7, 11) is 0. The molecule has 0 radical (unpaired) electrons. The minimum absolute atomic E-state index is 0.274. The van der Waals surface area contributed by atoms with Gasteiger partial charge in [0.25, 0.3) is 0 Å². The molecule has 0 spiro atoms. The molecule has 2 aromatic heterocycles. The summed E-state index contributed by atoms with van der Waals surface area (Å²) in [6.07, 6.45) is 2.36. The minimum Gasteiger partial charge on any atom is -0.477 e. The Hall–Kier alpha value is -1.84. The lowest BCUT2D eigenvalue weighted by Gasteiger charge is -1.98. The van der Waals surface area contributed by atoms with Crippen molar-refractivity contribution in [3.8, 4) is 0 Å². The number of aromatic carboxylic acids is 1. The molecule has 0 aliphatic carbocycles. The van der Waals surface area contributed by atoms with Crippen molar-refractivity contribution in [3.63, 3.8) is 0 Å². The predicted molar refractivity (Wildman–Crippen MR) is 56.3 cm³/mol. The Kier molecular flexibility index (Phi) is 2.19. The van der Waals surface area contributed by atoms with Gasteiger partial charge in [-0.05, 0) is 25.0 Å². The average Bonchev–Trinajstić information content (AvgIpc) is 2.57. The van der Waals surface area contributed by atoms with Crippen LogP contribution in [0.4, 0.5) is 0 Å². The van der Waals surface area contributed by atoms with Gasteiger partial charge >= 0.3 is 5.97 Å². The molecule has 2 rings (SSSR count). The lowest BCUT2D eigenvalue weighted by molar-refractivity contribution is 0.0688. The van der Waals surface area contributed by atoms with Crippen molar-refractivity contribution in [2.24, 2.45) is 0 Å². The zero-order valence-electron chi connectivity index (χ0n) is 8.69.